The minimum atomic E-state index is 0.409. The predicted molar refractivity (Wildman–Crippen MR) is 71.2 cm³/mol. The first-order chi connectivity index (χ1) is 8.28. The van der Waals surface area contributed by atoms with Gasteiger partial charge in [0, 0.05) is 0 Å². The molecule has 0 radical (unpaired) electrons. The Kier molecular flexibility index (Phi) is 4.43. The van der Waals surface area contributed by atoms with Gasteiger partial charge in [0.2, 0.25) is 0 Å². The maximum Gasteiger partial charge on any atom is 0.119 e. The Hall–Kier alpha value is -1.02. The van der Waals surface area contributed by atoms with Crippen LogP contribution in [0.5, 0.6) is 5.75 Å². The summed E-state index contributed by atoms with van der Waals surface area (Å²) in [6.45, 7) is 3.02. The van der Waals surface area contributed by atoms with E-state index in [1.54, 1.807) is 0 Å². The summed E-state index contributed by atoms with van der Waals surface area (Å²) in [5.74, 6) is 1.82. The minimum absolute atomic E-state index is 0.409. The highest BCUT2D eigenvalue weighted by Gasteiger charge is 2.20. The summed E-state index contributed by atoms with van der Waals surface area (Å²) in [5.41, 5.74) is 6.84. The second-order valence-corrected chi connectivity index (χ2v) is 5.20. The fourth-order valence-electron chi connectivity index (χ4n) is 2.62. The molecule has 2 atom stereocenters. The van der Waals surface area contributed by atoms with E-state index in [2.05, 4.69) is 31.2 Å². The van der Waals surface area contributed by atoms with Crippen LogP contribution in [0, 0.1) is 5.92 Å². The molecule has 1 aliphatic carbocycles. The van der Waals surface area contributed by atoms with Crippen LogP contribution < -0.4 is 10.5 Å². The average molecular weight is 233 g/mol. The number of hydrogen-bond donors (Lipinski definition) is 1. The third-order valence-electron chi connectivity index (χ3n) is 3.52. The highest BCUT2D eigenvalue weighted by molar-refractivity contribution is 5.28. The van der Waals surface area contributed by atoms with Gasteiger partial charge in [0.15, 0.2) is 0 Å². The molecule has 2 nitrogen and oxygen atoms in total. The van der Waals surface area contributed by atoms with Crippen molar-refractivity contribution in [3.05, 3.63) is 29.8 Å². The Morgan fingerprint density at radius 1 is 1.35 bits per heavy atom. The Morgan fingerprint density at radius 2 is 2.24 bits per heavy atom. The second kappa shape index (κ2) is 6.06. The van der Waals surface area contributed by atoms with Gasteiger partial charge in [0.05, 0.1) is 6.10 Å². The van der Waals surface area contributed by atoms with E-state index in [0.717, 1.165) is 18.1 Å². The Balaban J connectivity index is 1.95. The van der Waals surface area contributed by atoms with Crippen molar-refractivity contribution < 1.29 is 4.74 Å². The maximum absolute atomic E-state index is 6.07. The monoisotopic (exact) mass is 233 g/mol. The summed E-state index contributed by atoms with van der Waals surface area (Å²) in [7, 11) is 0. The Labute approximate surface area is 104 Å². The maximum atomic E-state index is 6.07. The van der Waals surface area contributed by atoms with Gasteiger partial charge >= 0.3 is 0 Å². The molecule has 0 aromatic heterocycles. The van der Waals surface area contributed by atoms with Crippen LogP contribution in [0.2, 0.25) is 0 Å². The van der Waals surface area contributed by atoms with Gasteiger partial charge in [-0.05, 0) is 55.8 Å². The lowest BCUT2D eigenvalue weighted by Crippen LogP contribution is -2.24. The van der Waals surface area contributed by atoms with Gasteiger partial charge < -0.3 is 10.5 Å². The van der Waals surface area contributed by atoms with Gasteiger partial charge in [0.1, 0.15) is 5.75 Å². The van der Waals surface area contributed by atoms with E-state index in [9.17, 15) is 0 Å². The SMILES string of the molecule is CC1CCCC(Oc2cccc(CCN)c2)C1. The first-order valence-corrected chi connectivity index (χ1v) is 6.73. The van der Waals surface area contributed by atoms with Crippen molar-refractivity contribution in [2.24, 2.45) is 11.7 Å². The lowest BCUT2D eigenvalue weighted by atomic mass is 9.89. The number of hydrogen-bond acceptors (Lipinski definition) is 2. The number of rotatable bonds is 4. The van der Waals surface area contributed by atoms with Crippen LogP contribution in [-0.2, 0) is 6.42 Å². The van der Waals surface area contributed by atoms with E-state index in [0.29, 0.717) is 12.6 Å². The summed E-state index contributed by atoms with van der Waals surface area (Å²) in [5, 5.41) is 0. The minimum Gasteiger partial charge on any atom is -0.490 e. The van der Waals surface area contributed by atoms with E-state index in [4.69, 9.17) is 10.5 Å². The van der Waals surface area contributed by atoms with Gasteiger partial charge in [-0.25, -0.2) is 0 Å². The van der Waals surface area contributed by atoms with Crippen LogP contribution in [-0.4, -0.2) is 12.6 Å². The van der Waals surface area contributed by atoms with E-state index < -0.39 is 0 Å². The fraction of sp³-hybridized carbons (Fsp3) is 0.600. The van der Waals surface area contributed by atoms with Crippen LogP contribution in [0.1, 0.15) is 38.2 Å². The zero-order valence-corrected chi connectivity index (χ0v) is 10.7. The van der Waals surface area contributed by atoms with Crippen LogP contribution in [0.3, 0.4) is 0 Å². The predicted octanol–water partition coefficient (Wildman–Crippen LogP) is 3.15. The molecule has 0 aliphatic heterocycles. The van der Waals surface area contributed by atoms with Crippen molar-refractivity contribution in [1.29, 1.82) is 0 Å². The van der Waals surface area contributed by atoms with Gasteiger partial charge in [-0.1, -0.05) is 25.5 Å². The van der Waals surface area contributed by atoms with Crippen LogP contribution in [0.4, 0.5) is 0 Å². The molecular formula is C15H23NO. The normalized spacial score (nSPS) is 24.6. The Bertz CT molecular complexity index is 351. The lowest BCUT2D eigenvalue weighted by Gasteiger charge is -2.27. The highest BCUT2D eigenvalue weighted by Crippen LogP contribution is 2.27. The van der Waals surface area contributed by atoms with Gasteiger partial charge in [-0.2, -0.15) is 0 Å². The quantitative estimate of drug-likeness (QED) is 0.867. The van der Waals surface area contributed by atoms with Gasteiger partial charge in [0.25, 0.3) is 0 Å². The van der Waals surface area contributed by atoms with E-state index >= 15 is 0 Å². The highest BCUT2D eigenvalue weighted by atomic mass is 16.5. The number of ether oxygens (including phenoxy) is 1. The number of nitrogens with two attached hydrogens (primary N) is 1. The molecule has 1 aliphatic rings. The van der Waals surface area contributed by atoms with Crippen molar-refractivity contribution in [1.82, 2.24) is 0 Å². The second-order valence-electron chi connectivity index (χ2n) is 5.20. The summed E-state index contributed by atoms with van der Waals surface area (Å²) in [6, 6.07) is 8.36. The van der Waals surface area contributed by atoms with Crippen LogP contribution >= 0.6 is 0 Å². The Morgan fingerprint density at radius 3 is 3.00 bits per heavy atom. The molecule has 1 saturated carbocycles. The van der Waals surface area contributed by atoms with Crippen molar-refractivity contribution in [2.75, 3.05) is 6.54 Å². The molecule has 2 rings (SSSR count). The molecule has 2 heteroatoms. The zero-order chi connectivity index (χ0) is 12.1. The molecule has 1 aromatic rings. The molecule has 0 heterocycles. The van der Waals surface area contributed by atoms with Crippen LogP contribution in [0.25, 0.3) is 0 Å². The molecule has 0 saturated heterocycles. The van der Waals surface area contributed by atoms with Crippen molar-refractivity contribution in [3.63, 3.8) is 0 Å². The van der Waals surface area contributed by atoms with E-state index in [-0.39, 0.29) is 0 Å². The van der Waals surface area contributed by atoms with Gasteiger partial charge in [-0.15, -0.1) is 0 Å². The lowest BCUT2D eigenvalue weighted by molar-refractivity contribution is 0.129. The standard InChI is InChI=1S/C15H23NO/c1-12-4-2-6-14(10-12)17-15-7-3-5-13(11-15)8-9-16/h3,5,7,11-12,14H,2,4,6,8-10,16H2,1H3. The van der Waals surface area contributed by atoms with Gasteiger partial charge in [-0.3, -0.25) is 0 Å². The average Bonchev–Trinajstić information content (AvgIpc) is 2.30. The molecule has 2 unspecified atom stereocenters. The molecule has 0 bridgehead atoms. The van der Waals surface area contributed by atoms with E-state index in [1.165, 1.54) is 31.2 Å². The third kappa shape index (κ3) is 3.74. The first-order valence-electron chi connectivity index (χ1n) is 6.73. The summed E-state index contributed by atoms with van der Waals surface area (Å²) < 4.78 is 6.07. The molecule has 0 amide bonds. The topological polar surface area (TPSA) is 35.2 Å². The zero-order valence-electron chi connectivity index (χ0n) is 10.7. The van der Waals surface area contributed by atoms with Crippen molar-refractivity contribution >= 4 is 0 Å². The van der Waals surface area contributed by atoms with E-state index in [1.807, 2.05) is 0 Å². The third-order valence-corrected chi connectivity index (χ3v) is 3.52. The van der Waals surface area contributed by atoms with Crippen molar-refractivity contribution in [3.8, 4) is 5.75 Å². The molecular weight excluding hydrogens is 210 g/mol. The largest absolute Gasteiger partial charge is 0.490 e. The molecule has 1 aromatic carbocycles. The molecule has 17 heavy (non-hydrogen) atoms. The van der Waals surface area contributed by atoms with Crippen molar-refractivity contribution in [2.45, 2.75) is 45.1 Å². The fourth-order valence-corrected chi connectivity index (χ4v) is 2.62. The molecule has 2 N–H and O–H groups in total. The molecule has 1 fully saturated rings. The summed E-state index contributed by atoms with van der Waals surface area (Å²) >= 11 is 0. The van der Waals surface area contributed by atoms with Crippen LogP contribution in [0.15, 0.2) is 24.3 Å². The number of benzene rings is 1. The molecule has 94 valence electrons. The summed E-state index contributed by atoms with van der Waals surface area (Å²) in [4.78, 5) is 0. The molecule has 0 spiro atoms. The summed E-state index contributed by atoms with van der Waals surface area (Å²) in [6.07, 6.45) is 6.39. The smallest absolute Gasteiger partial charge is 0.119 e. The first kappa shape index (κ1) is 12.4.